The highest BCUT2D eigenvalue weighted by Crippen LogP contribution is 2.40. The number of aryl methyl sites for hydroxylation is 1. The Bertz CT molecular complexity index is 1520. The topological polar surface area (TPSA) is 130 Å². The molecule has 0 aliphatic heterocycles. The third-order valence-electron chi connectivity index (χ3n) is 5.05. The molecule has 0 atom stereocenters. The second kappa shape index (κ2) is 10.1. The molecular weight excluding hydrogens is 511 g/mol. The van der Waals surface area contributed by atoms with E-state index >= 15 is 0 Å². The average molecular weight is 531 g/mol. The lowest BCUT2D eigenvalue weighted by molar-refractivity contribution is 0.482. The number of nitrogens with one attached hydrogen (secondary N) is 1. The number of phenolic OH excluding ortho intramolecular Hbond substituents is 1. The van der Waals surface area contributed by atoms with Gasteiger partial charge in [-0.3, -0.25) is 0 Å². The van der Waals surface area contributed by atoms with Gasteiger partial charge >= 0.3 is 0 Å². The van der Waals surface area contributed by atoms with Crippen LogP contribution in [0.4, 0.5) is 23.0 Å². The number of aromatic hydroxyl groups is 1. The SMILES string of the molecule is CCCS(=O)(=O)c1ccc(N=Nc2c(C)cc3cc(Nc4nc(Cl)nc(Cl)n4)ccc3c2O)cc1. The number of halogens is 2. The van der Waals surface area contributed by atoms with E-state index in [1.54, 1.807) is 31.2 Å². The zero-order valence-electron chi connectivity index (χ0n) is 18.7. The minimum absolute atomic E-state index is 0.0244. The second-order valence-electron chi connectivity index (χ2n) is 7.66. The highest BCUT2D eigenvalue weighted by atomic mass is 35.5. The Labute approximate surface area is 211 Å². The fourth-order valence-corrected chi connectivity index (χ4v) is 5.13. The third kappa shape index (κ3) is 5.67. The molecule has 0 spiro atoms. The van der Waals surface area contributed by atoms with E-state index in [2.05, 4.69) is 30.5 Å². The summed E-state index contributed by atoms with van der Waals surface area (Å²) in [5.74, 6) is 0.254. The number of hydrogen-bond donors (Lipinski definition) is 2. The highest BCUT2D eigenvalue weighted by molar-refractivity contribution is 7.91. The van der Waals surface area contributed by atoms with Gasteiger partial charge in [0.15, 0.2) is 15.6 Å². The van der Waals surface area contributed by atoms with E-state index < -0.39 is 9.84 Å². The molecule has 2 N–H and O–H groups in total. The highest BCUT2D eigenvalue weighted by Gasteiger charge is 2.14. The first-order chi connectivity index (χ1) is 16.7. The minimum Gasteiger partial charge on any atom is -0.505 e. The van der Waals surface area contributed by atoms with Crippen molar-refractivity contribution in [1.82, 2.24) is 15.0 Å². The summed E-state index contributed by atoms with van der Waals surface area (Å²) in [4.78, 5) is 11.9. The van der Waals surface area contributed by atoms with Crippen LogP contribution in [0.5, 0.6) is 5.75 Å². The number of hydrogen-bond acceptors (Lipinski definition) is 9. The maximum atomic E-state index is 12.2. The number of aromatic nitrogens is 3. The standard InChI is InChI=1S/C23H20Cl2N6O3S/c1-3-10-35(33,34)17-7-4-15(5-8-17)30-31-19-13(2)11-14-12-16(6-9-18(14)20(19)32)26-23-28-21(24)27-22(25)29-23/h4-9,11-12,32H,3,10H2,1-2H3,(H,26,27,28,29). The molecule has 1 aromatic heterocycles. The van der Waals surface area contributed by atoms with Crippen molar-refractivity contribution in [2.45, 2.75) is 25.2 Å². The Hall–Kier alpha value is -3.34. The summed E-state index contributed by atoms with van der Waals surface area (Å²) in [5, 5.41) is 23.5. The Balaban J connectivity index is 1.60. The van der Waals surface area contributed by atoms with E-state index in [0.717, 1.165) is 5.39 Å². The summed E-state index contributed by atoms with van der Waals surface area (Å²) in [6.07, 6.45) is 0.544. The van der Waals surface area contributed by atoms with Crippen LogP contribution in [0.3, 0.4) is 0 Å². The van der Waals surface area contributed by atoms with E-state index in [0.29, 0.717) is 34.4 Å². The number of rotatable bonds is 7. The predicted molar refractivity (Wildman–Crippen MR) is 136 cm³/mol. The maximum absolute atomic E-state index is 12.2. The number of nitrogens with zero attached hydrogens (tertiary/aromatic N) is 5. The van der Waals surface area contributed by atoms with Crippen LogP contribution in [0.15, 0.2) is 63.7 Å². The number of phenols is 1. The molecule has 0 radical (unpaired) electrons. The van der Waals surface area contributed by atoms with Crippen molar-refractivity contribution in [2.24, 2.45) is 10.2 Å². The Kier molecular flexibility index (Phi) is 7.15. The fourth-order valence-electron chi connectivity index (χ4n) is 3.44. The largest absolute Gasteiger partial charge is 0.505 e. The zero-order chi connectivity index (χ0) is 25.2. The predicted octanol–water partition coefficient (Wildman–Crippen LogP) is 6.69. The molecule has 12 heteroatoms. The van der Waals surface area contributed by atoms with Crippen LogP contribution >= 0.6 is 23.2 Å². The van der Waals surface area contributed by atoms with Crippen LogP contribution in [0, 0.1) is 6.92 Å². The van der Waals surface area contributed by atoms with Gasteiger partial charge in [-0.05, 0) is 96.0 Å². The van der Waals surface area contributed by atoms with Crippen molar-refractivity contribution < 1.29 is 13.5 Å². The van der Waals surface area contributed by atoms with Gasteiger partial charge < -0.3 is 10.4 Å². The number of sulfone groups is 1. The Morgan fingerprint density at radius 3 is 2.31 bits per heavy atom. The molecule has 35 heavy (non-hydrogen) atoms. The quantitative estimate of drug-likeness (QED) is 0.254. The minimum atomic E-state index is -3.30. The summed E-state index contributed by atoms with van der Waals surface area (Å²) in [6, 6.07) is 13.3. The lowest BCUT2D eigenvalue weighted by Gasteiger charge is -2.10. The number of azo groups is 1. The Morgan fingerprint density at radius 2 is 1.66 bits per heavy atom. The second-order valence-corrected chi connectivity index (χ2v) is 10.4. The van der Waals surface area contributed by atoms with Gasteiger partial charge in [0.2, 0.25) is 16.5 Å². The normalized spacial score (nSPS) is 11.9. The average Bonchev–Trinajstić information content (AvgIpc) is 2.78. The molecular formula is C23H20Cl2N6O3S. The first kappa shape index (κ1) is 24.8. The van der Waals surface area contributed by atoms with Crippen LogP contribution in [0.1, 0.15) is 18.9 Å². The van der Waals surface area contributed by atoms with E-state index in [4.69, 9.17) is 23.2 Å². The lowest BCUT2D eigenvalue weighted by atomic mass is 10.0. The summed E-state index contributed by atoms with van der Waals surface area (Å²) in [7, 11) is -3.30. The molecule has 3 aromatic carbocycles. The monoisotopic (exact) mass is 530 g/mol. The lowest BCUT2D eigenvalue weighted by Crippen LogP contribution is -2.05. The molecule has 0 fully saturated rings. The van der Waals surface area contributed by atoms with Gasteiger partial charge in [0.05, 0.1) is 16.3 Å². The van der Waals surface area contributed by atoms with Gasteiger partial charge in [0, 0.05) is 11.1 Å². The van der Waals surface area contributed by atoms with Crippen LogP contribution in [-0.4, -0.2) is 34.2 Å². The van der Waals surface area contributed by atoms with Gasteiger partial charge in [-0.1, -0.05) is 6.92 Å². The van der Waals surface area contributed by atoms with E-state index in [-0.39, 0.29) is 32.9 Å². The zero-order valence-corrected chi connectivity index (χ0v) is 21.0. The van der Waals surface area contributed by atoms with E-state index in [1.165, 1.54) is 12.1 Å². The molecule has 180 valence electrons. The van der Waals surface area contributed by atoms with Gasteiger partial charge in [0.25, 0.3) is 0 Å². The summed E-state index contributed by atoms with van der Waals surface area (Å²) < 4.78 is 24.4. The van der Waals surface area contributed by atoms with Crippen LogP contribution in [0.2, 0.25) is 10.6 Å². The van der Waals surface area contributed by atoms with Crippen molar-refractivity contribution in [2.75, 3.05) is 11.1 Å². The Morgan fingerprint density at radius 1 is 0.971 bits per heavy atom. The van der Waals surface area contributed by atoms with Crippen molar-refractivity contribution in [3.63, 3.8) is 0 Å². The number of fused-ring (bicyclic) bond motifs is 1. The van der Waals surface area contributed by atoms with Crippen LogP contribution in [-0.2, 0) is 9.84 Å². The fraction of sp³-hybridized carbons (Fsp3) is 0.174. The molecule has 4 aromatic rings. The van der Waals surface area contributed by atoms with Gasteiger partial charge in [-0.15, -0.1) is 5.11 Å². The van der Waals surface area contributed by atoms with Crippen molar-refractivity contribution in [1.29, 1.82) is 0 Å². The molecule has 0 aliphatic rings. The third-order valence-corrected chi connectivity index (χ3v) is 7.32. The molecule has 0 saturated heterocycles. The summed E-state index contributed by atoms with van der Waals surface area (Å²) >= 11 is 11.6. The van der Waals surface area contributed by atoms with Gasteiger partial charge in [0.1, 0.15) is 5.69 Å². The number of anilines is 2. The first-order valence-corrected chi connectivity index (χ1v) is 12.9. The summed E-state index contributed by atoms with van der Waals surface area (Å²) in [6.45, 7) is 3.62. The first-order valence-electron chi connectivity index (χ1n) is 10.5. The smallest absolute Gasteiger partial charge is 0.232 e. The molecule has 0 bridgehead atoms. The van der Waals surface area contributed by atoms with Crippen molar-refractivity contribution >= 4 is 66.8 Å². The van der Waals surface area contributed by atoms with Crippen molar-refractivity contribution in [3.05, 3.63) is 64.7 Å². The molecule has 0 unspecified atom stereocenters. The van der Waals surface area contributed by atoms with Crippen molar-refractivity contribution in [3.8, 4) is 5.75 Å². The maximum Gasteiger partial charge on any atom is 0.232 e. The molecule has 0 amide bonds. The van der Waals surface area contributed by atoms with Crippen LogP contribution < -0.4 is 5.32 Å². The van der Waals surface area contributed by atoms with Gasteiger partial charge in [-0.25, -0.2) is 8.42 Å². The molecule has 1 heterocycles. The van der Waals surface area contributed by atoms with Gasteiger partial charge in [-0.2, -0.15) is 20.1 Å². The molecule has 4 rings (SSSR count). The van der Waals surface area contributed by atoms with E-state index in [9.17, 15) is 13.5 Å². The van der Waals surface area contributed by atoms with Crippen LogP contribution in [0.25, 0.3) is 10.8 Å². The number of benzene rings is 3. The summed E-state index contributed by atoms with van der Waals surface area (Å²) in [5.41, 5.74) is 2.14. The molecule has 0 aliphatic carbocycles. The van der Waals surface area contributed by atoms with E-state index in [1.807, 2.05) is 19.1 Å². The molecule has 0 saturated carbocycles. The molecule has 9 nitrogen and oxygen atoms in total.